The molecular formula is C29H24N8O3. The minimum absolute atomic E-state index is 0.0286. The van der Waals surface area contributed by atoms with Gasteiger partial charge in [-0.15, -0.1) is 0 Å². The summed E-state index contributed by atoms with van der Waals surface area (Å²) in [6, 6.07) is 20.6. The van der Waals surface area contributed by atoms with Crippen LogP contribution in [0.25, 0.3) is 17.1 Å². The molecule has 2 aromatic carbocycles. The quantitative estimate of drug-likeness (QED) is 0.189. The predicted octanol–water partition coefficient (Wildman–Crippen LogP) is 4.89. The standard InChI is InChI=1S/C29H24N8O3/c30-17-19(16-25-31-13-14-32-25)29(38)37-15-11-20(18-37)34-28-26-24(10-12-33-27(26)35-36-28)40-23-8-6-22(7-9-23)39-21-4-2-1-3-5-21/h1-10,12-14,16,20H,11,15,18H2,(H,31,32)(H2,33,34,35,36)/b19-16-/t20-/m1/s1. The fourth-order valence-corrected chi connectivity index (χ4v) is 4.50. The van der Waals surface area contributed by atoms with E-state index in [0.717, 1.165) is 5.75 Å². The van der Waals surface area contributed by atoms with Gasteiger partial charge in [0.25, 0.3) is 5.91 Å². The first-order chi connectivity index (χ1) is 19.7. The summed E-state index contributed by atoms with van der Waals surface area (Å²) in [6.45, 7) is 0.929. The van der Waals surface area contributed by atoms with E-state index in [-0.39, 0.29) is 17.5 Å². The number of hydrogen-bond donors (Lipinski definition) is 3. The average molecular weight is 533 g/mol. The number of para-hydroxylation sites is 1. The molecule has 0 radical (unpaired) electrons. The lowest BCUT2D eigenvalue weighted by molar-refractivity contribution is -0.125. The van der Waals surface area contributed by atoms with Gasteiger partial charge in [-0.1, -0.05) is 18.2 Å². The van der Waals surface area contributed by atoms with E-state index in [1.165, 1.54) is 6.08 Å². The topological polar surface area (TPSA) is 145 Å². The molecule has 1 amide bonds. The van der Waals surface area contributed by atoms with E-state index in [9.17, 15) is 10.1 Å². The fraction of sp³-hybridized carbons (Fsp3) is 0.138. The summed E-state index contributed by atoms with van der Waals surface area (Å²) in [5, 5.41) is 21.0. The number of H-pyrrole nitrogens is 2. The van der Waals surface area contributed by atoms with Crippen LogP contribution in [0.4, 0.5) is 5.82 Å². The van der Waals surface area contributed by atoms with Crippen molar-refractivity contribution in [2.24, 2.45) is 0 Å². The Morgan fingerprint density at radius 2 is 1.80 bits per heavy atom. The summed E-state index contributed by atoms with van der Waals surface area (Å²) in [6.07, 6.45) is 7.01. The van der Waals surface area contributed by atoms with E-state index in [1.54, 1.807) is 29.6 Å². The molecule has 3 N–H and O–H groups in total. The molecule has 1 aliphatic rings. The number of aromatic nitrogens is 5. The number of fused-ring (bicyclic) bond motifs is 1. The second-order valence-corrected chi connectivity index (χ2v) is 9.12. The van der Waals surface area contributed by atoms with Crippen molar-refractivity contribution in [2.75, 3.05) is 18.4 Å². The molecule has 1 atom stereocenters. The van der Waals surface area contributed by atoms with Gasteiger partial charge in [0.1, 0.15) is 45.9 Å². The van der Waals surface area contributed by atoms with E-state index in [2.05, 4.69) is 30.5 Å². The summed E-state index contributed by atoms with van der Waals surface area (Å²) < 4.78 is 12.1. The minimum atomic E-state index is -0.333. The lowest BCUT2D eigenvalue weighted by Gasteiger charge is -2.17. The van der Waals surface area contributed by atoms with Crippen molar-refractivity contribution in [3.63, 3.8) is 0 Å². The van der Waals surface area contributed by atoms with Crippen LogP contribution in [-0.2, 0) is 4.79 Å². The zero-order valence-electron chi connectivity index (χ0n) is 21.2. The Balaban J connectivity index is 1.14. The number of benzene rings is 2. The number of nitrogens with one attached hydrogen (secondary N) is 3. The summed E-state index contributed by atoms with van der Waals surface area (Å²) in [7, 11) is 0. The lowest BCUT2D eigenvalue weighted by Crippen LogP contribution is -2.32. The van der Waals surface area contributed by atoms with Gasteiger partial charge in [0.2, 0.25) is 0 Å². The molecule has 5 aromatic rings. The molecule has 3 aromatic heterocycles. The minimum Gasteiger partial charge on any atom is -0.457 e. The maximum atomic E-state index is 13.0. The average Bonchev–Trinajstić information content (AvgIpc) is 3.76. The summed E-state index contributed by atoms with van der Waals surface area (Å²) in [4.78, 5) is 25.9. The maximum absolute atomic E-state index is 13.0. The number of hydrogen-bond acceptors (Lipinski definition) is 8. The van der Waals surface area contributed by atoms with Crippen molar-refractivity contribution in [1.82, 2.24) is 30.0 Å². The highest BCUT2D eigenvalue weighted by Gasteiger charge is 2.29. The highest BCUT2D eigenvalue weighted by molar-refractivity contribution is 6.01. The van der Waals surface area contributed by atoms with Crippen molar-refractivity contribution in [1.29, 1.82) is 5.26 Å². The number of ether oxygens (including phenoxy) is 2. The number of nitrogens with zero attached hydrogens (tertiary/aromatic N) is 5. The van der Waals surface area contributed by atoms with Gasteiger partial charge in [-0.05, 0) is 42.8 Å². The van der Waals surface area contributed by atoms with E-state index < -0.39 is 0 Å². The number of pyridine rings is 1. The molecule has 198 valence electrons. The molecule has 1 aliphatic heterocycles. The molecule has 11 nitrogen and oxygen atoms in total. The van der Waals surface area contributed by atoms with E-state index in [4.69, 9.17) is 9.47 Å². The molecule has 0 bridgehead atoms. The Hall–Kier alpha value is -5.63. The van der Waals surface area contributed by atoms with Crippen LogP contribution >= 0.6 is 0 Å². The Morgan fingerprint density at radius 1 is 1.02 bits per heavy atom. The van der Waals surface area contributed by atoms with Crippen LogP contribution in [0.5, 0.6) is 23.0 Å². The van der Waals surface area contributed by atoms with Gasteiger partial charge in [0.15, 0.2) is 11.5 Å². The van der Waals surface area contributed by atoms with Crippen molar-refractivity contribution < 1.29 is 14.3 Å². The second kappa shape index (κ2) is 11.0. The van der Waals surface area contributed by atoms with Gasteiger partial charge < -0.3 is 24.7 Å². The van der Waals surface area contributed by atoms with Crippen LogP contribution in [0.1, 0.15) is 12.2 Å². The smallest absolute Gasteiger partial charge is 0.264 e. The third-order valence-corrected chi connectivity index (χ3v) is 6.42. The van der Waals surface area contributed by atoms with Crippen LogP contribution in [0.15, 0.2) is 84.8 Å². The van der Waals surface area contributed by atoms with Crippen LogP contribution in [0.2, 0.25) is 0 Å². The van der Waals surface area contributed by atoms with Crippen LogP contribution < -0.4 is 14.8 Å². The Morgan fingerprint density at radius 3 is 2.55 bits per heavy atom. The van der Waals surface area contributed by atoms with E-state index in [1.807, 2.05) is 60.7 Å². The van der Waals surface area contributed by atoms with Crippen LogP contribution in [0, 0.1) is 11.3 Å². The second-order valence-electron chi connectivity index (χ2n) is 9.12. The summed E-state index contributed by atoms with van der Waals surface area (Å²) in [5.74, 6) is 3.37. The zero-order chi connectivity index (χ0) is 27.3. The van der Waals surface area contributed by atoms with E-state index >= 15 is 0 Å². The third kappa shape index (κ3) is 5.32. The van der Waals surface area contributed by atoms with Crippen molar-refractivity contribution in [2.45, 2.75) is 12.5 Å². The monoisotopic (exact) mass is 532 g/mol. The molecule has 11 heteroatoms. The fourth-order valence-electron chi connectivity index (χ4n) is 4.50. The summed E-state index contributed by atoms with van der Waals surface area (Å²) >= 11 is 0. The van der Waals surface area contributed by atoms with Crippen LogP contribution in [0.3, 0.4) is 0 Å². The maximum Gasteiger partial charge on any atom is 0.264 e. The largest absolute Gasteiger partial charge is 0.457 e. The van der Waals surface area contributed by atoms with Gasteiger partial charge in [0, 0.05) is 49.9 Å². The van der Waals surface area contributed by atoms with Crippen molar-refractivity contribution in [3.8, 4) is 29.1 Å². The summed E-state index contributed by atoms with van der Waals surface area (Å²) in [5.41, 5.74) is 0.601. The number of imidazole rings is 1. The Kier molecular flexibility index (Phi) is 6.79. The first-order valence-corrected chi connectivity index (χ1v) is 12.7. The highest BCUT2D eigenvalue weighted by atomic mass is 16.5. The number of rotatable bonds is 8. The normalized spacial score (nSPS) is 15.1. The number of amides is 1. The first kappa shape index (κ1) is 24.7. The molecule has 4 heterocycles. The molecule has 0 unspecified atom stereocenters. The van der Waals surface area contributed by atoms with Gasteiger partial charge in [-0.2, -0.15) is 10.4 Å². The number of carbonyl (C=O) groups is 1. The van der Waals surface area contributed by atoms with Gasteiger partial charge in [0.05, 0.1) is 0 Å². The number of likely N-dealkylation sites (tertiary alicyclic amines) is 1. The number of carbonyl (C=O) groups excluding carboxylic acids is 1. The SMILES string of the molecule is N#C/C(=C/c1ncc[nH]1)C(=O)N1CC[C@@H](Nc2n[nH]c3nccc(Oc4ccc(Oc5ccccc5)cc4)c23)C1. The van der Waals surface area contributed by atoms with Crippen molar-refractivity contribution >= 4 is 28.8 Å². The van der Waals surface area contributed by atoms with Gasteiger partial charge in [-0.3, -0.25) is 9.89 Å². The molecule has 40 heavy (non-hydrogen) atoms. The predicted molar refractivity (Wildman–Crippen MR) is 148 cm³/mol. The van der Waals surface area contributed by atoms with Gasteiger partial charge >= 0.3 is 0 Å². The Labute approximate surface area is 229 Å². The molecule has 0 spiro atoms. The molecule has 0 aliphatic carbocycles. The third-order valence-electron chi connectivity index (χ3n) is 6.42. The van der Waals surface area contributed by atoms with E-state index in [0.29, 0.717) is 59.4 Å². The Bertz CT molecular complexity index is 1690. The van der Waals surface area contributed by atoms with Crippen molar-refractivity contribution in [3.05, 3.63) is 90.7 Å². The van der Waals surface area contributed by atoms with Gasteiger partial charge in [-0.25, -0.2) is 9.97 Å². The molecule has 1 saturated heterocycles. The van der Waals surface area contributed by atoms with Crippen LogP contribution in [-0.4, -0.2) is 55.1 Å². The number of aromatic amines is 2. The number of anilines is 1. The number of nitriles is 1. The lowest BCUT2D eigenvalue weighted by atomic mass is 10.2. The molecule has 6 rings (SSSR count). The first-order valence-electron chi connectivity index (χ1n) is 12.7. The molecule has 0 saturated carbocycles. The zero-order valence-corrected chi connectivity index (χ0v) is 21.2. The molecule has 1 fully saturated rings. The molecular weight excluding hydrogens is 508 g/mol. The highest BCUT2D eigenvalue weighted by Crippen LogP contribution is 2.34.